The van der Waals surface area contributed by atoms with E-state index in [2.05, 4.69) is 10.6 Å². The summed E-state index contributed by atoms with van der Waals surface area (Å²) in [5.74, 6) is 0.678. The molecule has 0 aliphatic carbocycles. The topological polar surface area (TPSA) is 38.1 Å². The minimum atomic E-state index is -0.263. The quantitative estimate of drug-likeness (QED) is 0.406. The second-order valence-electron chi connectivity index (χ2n) is 8.65. The summed E-state index contributed by atoms with van der Waals surface area (Å²) in [6.45, 7) is 5.36. The normalized spacial score (nSPS) is 14.8. The molecular formula is C27H26FN3O. The van der Waals surface area contributed by atoms with Gasteiger partial charge >= 0.3 is 0 Å². The predicted octanol–water partition coefficient (Wildman–Crippen LogP) is 5.94. The van der Waals surface area contributed by atoms with Gasteiger partial charge in [-0.15, -0.1) is 0 Å². The number of halogens is 1. The van der Waals surface area contributed by atoms with Crippen molar-refractivity contribution < 1.29 is 9.18 Å². The maximum absolute atomic E-state index is 14.1. The molecule has 5 heteroatoms. The molecule has 2 heterocycles. The van der Waals surface area contributed by atoms with E-state index in [1.165, 1.54) is 6.07 Å². The summed E-state index contributed by atoms with van der Waals surface area (Å²) in [5, 5.41) is 0. The second kappa shape index (κ2) is 8.23. The van der Waals surface area contributed by atoms with Gasteiger partial charge in [-0.3, -0.25) is 4.79 Å². The number of aromatic nitrogens is 2. The number of aryl methyl sites for hydroxylation is 2. The summed E-state index contributed by atoms with van der Waals surface area (Å²) in [6.07, 6.45) is 1.61. The number of benzene rings is 3. The standard InChI is InChI=1S/C27H26FN3O/c1-18-8-10-23(19(2)16-18)27(32)30-14-12-22(13-15-30)31-25-17-21(28)9-11-24(25)29-26(31)20-6-4-3-5-7-20/h3-11,16-17,22H,12-15H2,1-2H3. The van der Waals surface area contributed by atoms with Crippen molar-refractivity contribution in [1.29, 1.82) is 0 Å². The number of hydrogen-bond acceptors (Lipinski definition) is 2. The highest BCUT2D eigenvalue weighted by Crippen LogP contribution is 2.34. The third-order valence-corrected chi connectivity index (χ3v) is 6.41. The van der Waals surface area contributed by atoms with Crippen LogP contribution in [0.2, 0.25) is 0 Å². The van der Waals surface area contributed by atoms with Crippen LogP contribution >= 0.6 is 0 Å². The Hall–Kier alpha value is -3.47. The Kier molecular flexibility index (Phi) is 5.25. The minimum absolute atomic E-state index is 0.0887. The Morgan fingerprint density at radius 3 is 2.44 bits per heavy atom. The van der Waals surface area contributed by atoms with Crippen LogP contribution in [-0.2, 0) is 0 Å². The number of amides is 1. The molecule has 162 valence electrons. The Morgan fingerprint density at radius 2 is 1.72 bits per heavy atom. The van der Waals surface area contributed by atoms with Crippen LogP contribution in [0.5, 0.6) is 0 Å². The lowest BCUT2D eigenvalue weighted by molar-refractivity contribution is 0.0696. The second-order valence-corrected chi connectivity index (χ2v) is 8.65. The first kappa shape index (κ1) is 20.4. The first-order chi connectivity index (χ1) is 15.5. The van der Waals surface area contributed by atoms with Gasteiger partial charge in [0.05, 0.1) is 11.0 Å². The number of carbonyl (C=O) groups is 1. The summed E-state index contributed by atoms with van der Waals surface area (Å²) >= 11 is 0. The number of imidazole rings is 1. The van der Waals surface area contributed by atoms with E-state index < -0.39 is 0 Å². The highest BCUT2D eigenvalue weighted by Gasteiger charge is 2.28. The van der Waals surface area contributed by atoms with Crippen molar-refractivity contribution in [1.82, 2.24) is 14.5 Å². The van der Waals surface area contributed by atoms with Crippen molar-refractivity contribution in [2.24, 2.45) is 0 Å². The van der Waals surface area contributed by atoms with Crippen LogP contribution < -0.4 is 0 Å². The van der Waals surface area contributed by atoms with Gasteiger partial charge in [-0.25, -0.2) is 9.37 Å². The minimum Gasteiger partial charge on any atom is -0.338 e. The zero-order valence-corrected chi connectivity index (χ0v) is 18.4. The lowest BCUT2D eigenvalue weighted by Gasteiger charge is -2.34. The van der Waals surface area contributed by atoms with E-state index in [0.717, 1.165) is 52.0 Å². The molecule has 0 saturated carbocycles. The van der Waals surface area contributed by atoms with Gasteiger partial charge in [-0.05, 0) is 56.5 Å². The van der Waals surface area contributed by atoms with Gasteiger partial charge in [0.2, 0.25) is 0 Å². The molecule has 1 saturated heterocycles. The number of rotatable bonds is 3. The van der Waals surface area contributed by atoms with Gasteiger partial charge in [-0.2, -0.15) is 0 Å². The Balaban J connectivity index is 1.45. The molecule has 1 aromatic heterocycles. The van der Waals surface area contributed by atoms with Gasteiger partial charge in [0.1, 0.15) is 11.6 Å². The predicted molar refractivity (Wildman–Crippen MR) is 125 cm³/mol. The van der Waals surface area contributed by atoms with Crippen LogP contribution in [0, 0.1) is 19.7 Å². The Bertz CT molecular complexity index is 1290. The fourth-order valence-electron chi connectivity index (χ4n) is 4.78. The SMILES string of the molecule is Cc1ccc(C(=O)N2CCC(n3c(-c4ccccc4)nc4ccc(F)cc43)CC2)c(C)c1. The van der Waals surface area contributed by atoms with Crippen LogP contribution in [-0.4, -0.2) is 33.4 Å². The third-order valence-electron chi connectivity index (χ3n) is 6.41. The summed E-state index contributed by atoms with van der Waals surface area (Å²) in [5.41, 5.74) is 5.55. The molecule has 1 aliphatic heterocycles. The molecule has 0 radical (unpaired) electrons. The Labute approximate surface area is 187 Å². The van der Waals surface area contributed by atoms with Crippen LogP contribution in [0.4, 0.5) is 4.39 Å². The molecule has 1 amide bonds. The zero-order chi connectivity index (χ0) is 22.2. The van der Waals surface area contributed by atoms with E-state index in [0.29, 0.717) is 13.1 Å². The van der Waals surface area contributed by atoms with E-state index in [4.69, 9.17) is 4.98 Å². The number of fused-ring (bicyclic) bond motifs is 1. The first-order valence-corrected chi connectivity index (χ1v) is 11.1. The summed E-state index contributed by atoms with van der Waals surface area (Å²) in [7, 11) is 0. The lowest BCUT2D eigenvalue weighted by Crippen LogP contribution is -2.39. The fraction of sp³-hybridized carbons (Fsp3) is 0.259. The van der Waals surface area contributed by atoms with Gasteiger partial charge in [0, 0.05) is 30.3 Å². The highest BCUT2D eigenvalue weighted by atomic mass is 19.1. The molecule has 1 fully saturated rings. The molecule has 5 rings (SSSR count). The fourth-order valence-corrected chi connectivity index (χ4v) is 4.78. The molecule has 3 aromatic carbocycles. The number of carbonyl (C=O) groups excluding carboxylic acids is 1. The molecule has 0 N–H and O–H groups in total. The third kappa shape index (κ3) is 3.68. The van der Waals surface area contributed by atoms with Gasteiger partial charge in [0.25, 0.3) is 5.91 Å². The van der Waals surface area contributed by atoms with Crippen molar-refractivity contribution >= 4 is 16.9 Å². The zero-order valence-electron chi connectivity index (χ0n) is 18.4. The van der Waals surface area contributed by atoms with Crippen molar-refractivity contribution in [3.05, 3.63) is 89.2 Å². The average molecular weight is 428 g/mol. The Morgan fingerprint density at radius 1 is 0.969 bits per heavy atom. The van der Waals surface area contributed by atoms with E-state index in [1.807, 2.05) is 61.2 Å². The van der Waals surface area contributed by atoms with Gasteiger partial charge in [-0.1, -0.05) is 48.0 Å². The van der Waals surface area contributed by atoms with Crippen molar-refractivity contribution in [2.45, 2.75) is 32.7 Å². The molecule has 0 bridgehead atoms. The summed E-state index contributed by atoms with van der Waals surface area (Å²) in [6, 6.07) is 20.9. The average Bonchev–Trinajstić information content (AvgIpc) is 3.18. The highest BCUT2D eigenvalue weighted by molar-refractivity contribution is 5.95. The number of hydrogen-bond donors (Lipinski definition) is 0. The van der Waals surface area contributed by atoms with E-state index in [-0.39, 0.29) is 17.8 Å². The lowest BCUT2D eigenvalue weighted by atomic mass is 10.0. The molecular weight excluding hydrogens is 401 g/mol. The molecule has 1 aliphatic rings. The van der Waals surface area contributed by atoms with E-state index in [9.17, 15) is 9.18 Å². The molecule has 4 aromatic rings. The molecule has 0 unspecified atom stereocenters. The summed E-state index contributed by atoms with van der Waals surface area (Å²) in [4.78, 5) is 19.9. The van der Waals surface area contributed by atoms with Crippen LogP contribution in [0.15, 0.2) is 66.7 Å². The molecule has 0 spiro atoms. The van der Waals surface area contributed by atoms with Crippen molar-refractivity contribution in [3.63, 3.8) is 0 Å². The number of nitrogens with zero attached hydrogens (tertiary/aromatic N) is 3. The van der Waals surface area contributed by atoms with Gasteiger partial charge < -0.3 is 9.47 Å². The van der Waals surface area contributed by atoms with E-state index in [1.54, 1.807) is 12.1 Å². The maximum atomic E-state index is 14.1. The van der Waals surface area contributed by atoms with Gasteiger partial charge in [0.15, 0.2) is 0 Å². The maximum Gasteiger partial charge on any atom is 0.254 e. The number of likely N-dealkylation sites (tertiary alicyclic amines) is 1. The van der Waals surface area contributed by atoms with Crippen molar-refractivity contribution in [2.75, 3.05) is 13.1 Å². The van der Waals surface area contributed by atoms with Crippen molar-refractivity contribution in [3.8, 4) is 11.4 Å². The first-order valence-electron chi connectivity index (χ1n) is 11.1. The van der Waals surface area contributed by atoms with Crippen LogP contribution in [0.1, 0.15) is 40.4 Å². The molecule has 0 atom stereocenters. The van der Waals surface area contributed by atoms with E-state index >= 15 is 0 Å². The molecule has 32 heavy (non-hydrogen) atoms. The largest absolute Gasteiger partial charge is 0.338 e. The summed E-state index contributed by atoms with van der Waals surface area (Å²) < 4.78 is 16.3. The number of piperidine rings is 1. The van der Waals surface area contributed by atoms with Crippen LogP contribution in [0.3, 0.4) is 0 Å². The van der Waals surface area contributed by atoms with Crippen LogP contribution in [0.25, 0.3) is 22.4 Å². The monoisotopic (exact) mass is 427 g/mol. The molecule has 4 nitrogen and oxygen atoms in total. The smallest absolute Gasteiger partial charge is 0.254 e.